The molecule has 2 heterocycles. The van der Waals surface area contributed by atoms with Crippen molar-refractivity contribution in [2.45, 2.75) is 0 Å². The van der Waals surface area contributed by atoms with Crippen LogP contribution in [0.15, 0.2) is 80.2 Å². The fourth-order valence-corrected chi connectivity index (χ4v) is 2.81. The Morgan fingerprint density at radius 2 is 1.46 bits per heavy atom. The zero-order valence-corrected chi connectivity index (χ0v) is 15.8. The van der Waals surface area contributed by atoms with Crippen LogP contribution in [0.1, 0.15) is 26.3 Å². The topological polar surface area (TPSA) is 98.2 Å². The average Bonchev–Trinajstić information content (AvgIpc) is 3.37. The van der Waals surface area contributed by atoms with Crippen LogP contribution in [0.25, 0.3) is 11.7 Å². The van der Waals surface area contributed by atoms with Crippen molar-refractivity contribution in [1.82, 2.24) is 10.2 Å². The van der Waals surface area contributed by atoms with Crippen molar-refractivity contribution in [2.24, 2.45) is 0 Å². The van der Waals surface area contributed by atoms with Gasteiger partial charge in [0.15, 0.2) is 16.2 Å². The molecule has 0 bridgehead atoms. The second kappa shape index (κ2) is 7.61. The number of rotatable bonds is 5. The molecule has 1 N–H and O–H groups in total. The van der Waals surface area contributed by atoms with E-state index in [0.29, 0.717) is 27.1 Å². The third-order valence-electron chi connectivity index (χ3n) is 3.87. The summed E-state index contributed by atoms with van der Waals surface area (Å²) in [6, 6.07) is 18.6. The maximum atomic E-state index is 12.4. The van der Waals surface area contributed by atoms with Crippen LogP contribution in [0.4, 0.5) is 6.01 Å². The third-order valence-corrected chi connectivity index (χ3v) is 4.30. The second-order valence-electron chi connectivity index (χ2n) is 5.74. The van der Waals surface area contributed by atoms with Crippen LogP contribution in [0, 0.1) is 0 Å². The van der Waals surface area contributed by atoms with E-state index in [-0.39, 0.29) is 17.7 Å². The molecule has 7 nitrogen and oxygen atoms in total. The lowest BCUT2D eigenvalue weighted by atomic mass is 10.0. The number of halogens is 1. The Morgan fingerprint density at radius 3 is 2.14 bits per heavy atom. The fourth-order valence-electron chi connectivity index (χ4n) is 2.50. The molecule has 4 aromatic rings. The molecule has 0 saturated carbocycles. The number of carbonyl (C=O) groups excluding carboxylic acids is 2. The molecule has 0 saturated heterocycles. The van der Waals surface area contributed by atoms with Crippen LogP contribution in [0.2, 0.25) is 0 Å². The Hall–Kier alpha value is -3.52. The summed E-state index contributed by atoms with van der Waals surface area (Å²) in [5.41, 5.74) is 1.43. The summed E-state index contributed by atoms with van der Waals surface area (Å²) in [5.74, 6) is -0.0262. The average molecular weight is 438 g/mol. The van der Waals surface area contributed by atoms with Gasteiger partial charge in [-0.15, -0.1) is 5.10 Å². The first-order valence-electron chi connectivity index (χ1n) is 8.20. The van der Waals surface area contributed by atoms with Gasteiger partial charge >= 0.3 is 6.01 Å². The molecule has 8 heteroatoms. The second-order valence-corrected chi connectivity index (χ2v) is 6.52. The fraction of sp³-hybridized carbons (Fsp3) is 0. The summed E-state index contributed by atoms with van der Waals surface area (Å²) < 4.78 is 11.2. The highest BCUT2D eigenvalue weighted by Gasteiger charge is 2.16. The predicted octanol–water partition coefficient (Wildman–Crippen LogP) is 4.58. The Balaban J connectivity index is 1.45. The molecule has 2 aromatic heterocycles. The highest BCUT2D eigenvalue weighted by atomic mass is 79.9. The molecule has 0 unspecified atom stereocenters. The van der Waals surface area contributed by atoms with E-state index in [9.17, 15) is 9.59 Å². The van der Waals surface area contributed by atoms with E-state index in [4.69, 9.17) is 8.83 Å². The van der Waals surface area contributed by atoms with Gasteiger partial charge in [0.2, 0.25) is 0 Å². The molecule has 138 valence electrons. The number of benzene rings is 2. The molecular formula is C20H12BrN3O4. The first-order valence-corrected chi connectivity index (χ1v) is 9.00. The molecule has 0 atom stereocenters. The molecule has 0 aliphatic rings. The first kappa shape index (κ1) is 17.9. The molecule has 0 radical (unpaired) electrons. The summed E-state index contributed by atoms with van der Waals surface area (Å²) in [4.78, 5) is 24.8. The van der Waals surface area contributed by atoms with Crippen LogP contribution < -0.4 is 5.32 Å². The largest absolute Gasteiger partial charge is 0.444 e. The van der Waals surface area contributed by atoms with Crippen LogP contribution >= 0.6 is 15.9 Å². The monoisotopic (exact) mass is 437 g/mol. The van der Waals surface area contributed by atoms with Crippen LogP contribution in [0.3, 0.4) is 0 Å². The van der Waals surface area contributed by atoms with Crippen LogP contribution in [-0.2, 0) is 0 Å². The molecule has 2 aromatic carbocycles. The van der Waals surface area contributed by atoms with Gasteiger partial charge in [-0.05, 0) is 40.2 Å². The minimum Gasteiger partial charge on any atom is -0.444 e. The van der Waals surface area contributed by atoms with Gasteiger partial charge in [-0.2, -0.15) is 0 Å². The zero-order valence-electron chi connectivity index (χ0n) is 14.3. The number of nitrogens with zero attached hydrogens (tertiary/aromatic N) is 2. The van der Waals surface area contributed by atoms with Gasteiger partial charge in [0.25, 0.3) is 11.8 Å². The van der Waals surface area contributed by atoms with E-state index in [0.717, 1.165) is 0 Å². The van der Waals surface area contributed by atoms with Crippen LogP contribution in [0.5, 0.6) is 0 Å². The molecule has 0 fully saturated rings. The lowest BCUT2D eigenvalue weighted by Gasteiger charge is -2.03. The van der Waals surface area contributed by atoms with Crippen molar-refractivity contribution in [2.75, 3.05) is 5.32 Å². The van der Waals surface area contributed by atoms with Crippen molar-refractivity contribution in [1.29, 1.82) is 0 Å². The van der Waals surface area contributed by atoms with Gasteiger partial charge in [0, 0.05) is 16.7 Å². The van der Waals surface area contributed by atoms with E-state index in [1.165, 1.54) is 0 Å². The molecule has 1 amide bonds. The maximum Gasteiger partial charge on any atom is 0.322 e. The highest BCUT2D eigenvalue weighted by molar-refractivity contribution is 9.10. The van der Waals surface area contributed by atoms with E-state index >= 15 is 0 Å². The number of ketones is 1. The summed E-state index contributed by atoms with van der Waals surface area (Å²) in [6.07, 6.45) is 0. The van der Waals surface area contributed by atoms with Gasteiger partial charge < -0.3 is 8.83 Å². The van der Waals surface area contributed by atoms with Gasteiger partial charge in [0.1, 0.15) is 0 Å². The number of hydrogen-bond acceptors (Lipinski definition) is 6. The standard InChI is InChI=1S/C20H12BrN3O4/c21-16-11-10-15(27-16)19-23-24-20(28-19)22-18(26)14-8-6-13(7-9-14)17(25)12-4-2-1-3-5-12/h1-11H,(H,22,24,26). The van der Waals surface area contributed by atoms with Crippen molar-refractivity contribution < 1.29 is 18.4 Å². The molecular weight excluding hydrogens is 426 g/mol. The zero-order chi connectivity index (χ0) is 19.5. The molecule has 0 aliphatic heterocycles. The lowest BCUT2D eigenvalue weighted by Crippen LogP contribution is -2.12. The van der Waals surface area contributed by atoms with Crippen molar-refractivity contribution in [3.05, 3.63) is 88.1 Å². The minimum absolute atomic E-state index is 0.0584. The number of aromatic nitrogens is 2. The maximum absolute atomic E-state index is 12.4. The smallest absolute Gasteiger partial charge is 0.322 e. The Kier molecular flexibility index (Phi) is 4.86. The van der Waals surface area contributed by atoms with Crippen molar-refractivity contribution in [3.63, 3.8) is 0 Å². The quantitative estimate of drug-likeness (QED) is 0.459. The highest BCUT2D eigenvalue weighted by Crippen LogP contribution is 2.25. The summed E-state index contributed by atoms with van der Waals surface area (Å²) in [6.45, 7) is 0. The Morgan fingerprint density at radius 1 is 0.786 bits per heavy atom. The summed E-state index contributed by atoms with van der Waals surface area (Å²) >= 11 is 3.19. The lowest BCUT2D eigenvalue weighted by molar-refractivity contribution is 0.101. The first-order chi connectivity index (χ1) is 13.6. The summed E-state index contributed by atoms with van der Waals surface area (Å²) in [5, 5.41) is 10.1. The normalized spacial score (nSPS) is 10.6. The number of amides is 1. The minimum atomic E-state index is -0.436. The van der Waals surface area contributed by atoms with Gasteiger partial charge in [0.05, 0.1) is 0 Å². The molecule has 4 rings (SSSR count). The van der Waals surface area contributed by atoms with E-state index in [1.807, 2.05) is 6.07 Å². The Bertz CT molecular complexity index is 1130. The summed E-state index contributed by atoms with van der Waals surface area (Å²) in [7, 11) is 0. The SMILES string of the molecule is O=C(Nc1nnc(-c2ccc(Br)o2)o1)c1ccc(C(=O)c2ccccc2)cc1. The number of furan rings is 1. The molecule has 0 spiro atoms. The van der Waals surface area contributed by atoms with E-state index < -0.39 is 5.91 Å². The van der Waals surface area contributed by atoms with Crippen molar-refractivity contribution >= 4 is 33.6 Å². The number of hydrogen-bond donors (Lipinski definition) is 1. The Labute approximate surface area is 167 Å². The van der Waals surface area contributed by atoms with Gasteiger partial charge in [-0.1, -0.05) is 47.6 Å². The van der Waals surface area contributed by atoms with E-state index in [2.05, 4.69) is 31.4 Å². The third kappa shape index (κ3) is 3.77. The van der Waals surface area contributed by atoms with Gasteiger partial charge in [-0.3, -0.25) is 14.9 Å². The van der Waals surface area contributed by atoms with Gasteiger partial charge in [-0.25, -0.2) is 0 Å². The van der Waals surface area contributed by atoms with Crippen LogP contribution in [-0.4, -0.2) is 21.9 Å². The number of carbonyl (C=O) groups is 2. The molecule has 0 aliphatic carbocycles. The number of anilines is 1. The number of nitrogens with one attached hydrogen (secondary N) is 1. The molecule has 28 heavy (non-hydrogen) atoms. The van der Waals surface area contributed by atoms with E-state index in [1.54, 1.807) is 60.7 Å². The van der Waals surface area contributed by atoms with Crippen molar-refractivity contribution in [3.8, 4) is 11.7 Å². The predicted molar refractivity (Wildman–Crippen MR) is 104 cm³/mol.